The molecule has 1 aromatic heterocycles. The van der Waals surface area contributed by atoms with Gasteiger partial charge >= 0.3 is 0 Å². The van der Waals surface area contributed by atoms with E-state index in [2.05, 4.69) is 0 Å². The second-order valence-corrected chi connectivity index (χ2v) is 9.19. The Kier molecular flexibility index (Phi) is 6.47. The Morgan fingerprint density at radius 2 is 1.86 bits per heavy atom. The fourth-order valence-corrected chi connectivity index (χ4v) is 4.50. The zero-order chi connectivity index (χ0) is 25.6. The summed E-state index contributed by atoms with van der Waals surface area (Å²) >= 11 is 5.97. The number of aryl methyl sites for hydroxylation is 2. The number of aliphatic hydroxyl groups is 1. The molecule has 3 aromatic rings. The third-order valence-corrected chi connectivity index (χ3v) is 6.40. The number of hydrogen-bond donors (Lipinski definition) is 1. The molecule has 35 heavy (non-hydrogen) atoms. The van der Waals surface area contributed by atoms with Crippen LogP contribution in [0.4, 0.5) is 10.1 Å². The van der Waals surface area contributed by atoms with Gasteiger partial charge < -0.3 is 14.3 Å². The molecule has 1 N–H and O–H groups in total. The number of nitrogens with zero attached hydrogens (tertiary/aromatic N) is 1. The van der Waals surface area contributed by atoms with Crippen LogP contribution in [0.5, 0.6) is 5.75 Å². The van der Waals surface area contributed by atoms with Crippen LogP contribution in [0.1, 0.15) is 54.0 Å². The molecular formula is C27H25ClFNO5. The van der Waals surface area contributed by atoms with Crippen LogP contribution >= 0.6 is 11.6 Å². The molecule has 0 bridgehead atoms. The number of rotatable bonds is 5. The lowest BCUT2D eigenvalue weighted by Crippen LogP contribution is -2.29. The molecule has 0 aliphatic carbocycles. The summed E-state index contributed by atoms with van der Waals surface area (Å²) in [6.45, 7) is 7.48. The van der Waals surface area contributed by atoms with Crippen molar-refractivity contribution in [2.75, 3.05) is 12.0 Å². The van der Waals surface area contributed by atoms with Crippen LogP contribution < -0.4 is 9.64 Å². The fraction of sp³-hybridized carbons (Fsp3) is 0.259. The van der Waals surface area contributed by atoms with Crippen molar-refractivity contribution in [2.24, 2.45) is 0 Å². The Labute approximate surface area is 207 Å². The van der Waals surface area contributed by atoms with Gasteiger partial charge in [-0.05, 0) is 73.4 Å². The number of Topliss-reactive ketones (excluding diaryl/α,β-unsaturated/α-hetero) is 1. The van der Waals surface area contributed by atoms with Gasteiger partial charge in [0.2, 0.25) is 0 Å². The lowest BCUT2D eigenvalue weighted by Gasteiger charge is -2.24. The molecule has 2 heterocycles. The number of benzene rings is 2. The van der Waals surface area contributed by atoms with E-state index < -0.39 is 23.5 Å². The van der Waals surface area contributed by atoms with E-state index >= 15 is 0 Å². The van der Waals surface area contributed by atoms with Gasteiger partial charge in [0.25, 0.3) is 11.7 Å². The van der Waals surface area contributed by atoms with Crippen molar-refractivity contribution >= 4 is 34.7 Å². The molecule has 0 spiro atoms. The van der Waals surface area contributed by atoms with E-state index in [1.54, 1.807) is 45.2 Å². The first-order valence-corrected chi connectivity index (χ1v) is 11.4. The normalized spacial score (nSPS) is 17.5. The number of methoxy groups -OCH3 is 1. The number of anilines is 1. The minimum Gasteiger partial charge on any atom is -0.507 e. The maximum Gasteiger partial charge on any atom is 0.300 e. The molecule has 1 unspecified atom stereocenters. The summed E-state index contributed by atoms with van der Waals surface area (Å²) in [4.78, 5) is 27.7. The summed E-state index contributed by atoms with van der Waals surface area (Å²) in [5.41, 5.74) is 1.97. The van der Waals surface area contributed by atoms with Crippen molar-refractivity contribution in [3.8, 4) is 5.75 Å². The van der Waals surface area contributed by atoms with E-state index in [4.69, 9.17) is 20.8 Å². The van der Waals surface area contributed by atoms with Crippen LogP contribution in [0.15, 0.2) is 52.5 Å². The van der Waals surface area contributed by atoms with Crippen LogP contribution in [0.3, 0.4) is 0 Å². The van der Waals surface area contributed by atoms with E-state index in [0.717, 1.165) is 11.6 Å². The second-order valence-electron chi connectivity index (χ2n) is 8.78. The molecule has 6 nitrogen and oxygen atoms in total. The Morgan fingerprint density at radius 3 is 2.43 bits per heavy atom. The lowest BCUT2D eigenvalue weighted by molar-refractivity contribution is -0.132. The van der Waals surface area contributed by atoms with Gasteiger partial charge in [-0.15, -0.1) is 0 Å². The minimum absolute atomic E-state index is 0.0735. The molecule has 1 aliphatic rings. The van der Waals surface area contributed by atoms with Crippen molar-refractivity contribution in [3.63, 3.8) is 0 Å². The van der Waals surface area contributed by atoms with Gasteiger partial charge in [0, 0.05) is 11.3 Å². The minimum atomic E-state index is -1.07. The Hall–Kier alpha value is -3.58. The summed E-state index contributed by atoms with van der Waals surface area (Å²) < 4.78 is 25.1. The summed E-state index contributed by atoms with van der Waals surface area (Å²) in [6.07, 6.45) is 0. The van der Waals surface area contributed by atoms with Gasteiger partial charge in [-0.25, -0.2) is 4.39 Å². The van der Waals surface area contributed by atoms with Gasteiger partial charge in [0.05, 0.1) is 17.7 Å². The van der Waals surface area contributed by atoms with E-state index in [1.165, 1.54) is 17.0 Å². The lowest BCUT2D eigenvalue weighted by atomic mass is 9.92. The van der Waals surface area contributed by atoms with Crippen LogP contribution in [0.25, 0.3) is 5.76 Å². The highest BCUT2D eigenvalue weighted by Crippen LogP contribution is 2.44. The molecule has 182 valence electrons. The van der Waals surface area contributed by atoms with Crippen molar-refractivity contribution < 1.29 is 28.2 Å². The Balaban J connectivity index is 1.98. The molecule has 1 saturated heterocycles. The van der Waals surface area contributed by atoms with Crippen LogP contribution in [-0.4, -0.2) is 23.9 Å². The molecule has 1 atom stereocenters. The number of carbonyl (C=O) groups excluding carboxylic acids is 2. The maximum atomic E-state index is 13.8. The smallest absolute Gasteiger partial charge is 0.300 e. The number of aliphatic hydroxyl groups excluding tert-OH is 1. The zero-order valence-electron chi connectivity index (χ0n) is 20.0. The molecule has 0 saturated carbocycles. The molecular weight excluding hydrogens is 473 g/mol. The number of amides is 1. The quantitative estimate of drug-likeness (QED) is 0.249. The predicted molar refractivity (Wildman–Crippen MR) is 131 cm³/mol. The maximum absolute atomic E-state index is 13.8. The molecule has 8 heteroatoms. The number of carbonyl (C=O) groups is 2. The summed E-state index contributed by atoms with van der Waals surface area (Å²) in [7, 11) is 1.57. The molecule has 4 rings (SSSR count). The number of ketones is 1. The first-order chi connectivity index (χ1) is 16.5. The van der Waals surface area contributed by atoms with E-state index in [1.807, 2.05) is 13.8 Å². The summed E-state index contributed by atoms with van der Waals surface area (Å²) in [6, 6.07) is 9.54. The van der Waals surface area contributed by atoms with Gasteiger partial charge in [-0.3, -0.25) is 14.5 Å². The van der Waals surface area contributed by atoms with E-state index in [-0.39, 0.29) is 33.7 Å². The highest BCUT2D eigenvalue weighted by Gasteiger charge is 2.48. The average molecular weight is 498 g/mol. The molecule has 1 fully saturated rings. The number of ether oxygens (including phenoxy) is 1. The number of hydrogen-bond acceptors (Lipinski definition) is 5. The van der Waals surface area contributed by atoms with E-state index in [0.29, 0.717) is 22.6 Å². The average Bonchev–Trinajstić information content (AvgIpc) is 3.35. The molecule has 0 radical (unpaired) electrons. The monoisotopic (exact) mass is 497 g/mol. The highest BCUT2D eigenvalue weighted by molar-refractivity contribution is 6.51. The van der Waals surface area contributed by atoms with Crippen LogP contribution in [0, 0.1) is 19.7 Å². The van der Waals surface area contributed by atoms with Crippen LogP contribution in [0.2, 0.25) is 5.02 Å². The Morgan fingerprint density at radius 1 is 1.14 bits per heavy atom. The standard InChI is InChI=1S/C27H25ClFNO5/c1-13(2)17-12-18(14(3)10-22(17)34-5)25(31)23-24(21-9-6-15(4)35-21)30(27(33)26(23)32)16-7-8-20(29)19(28)11-16/h6-13,24,31H,1-5H3/b25-23+. The zero-order valence-corrected chi connectivity index (χ0v) is 20.7. The van der Waals surface area contributed by atoms with Crippen molar-refractivity contribution in [1.82, 2.24) is 0 Å². The Bertz CT molecular complexity index is 1370. The third-order valence-electron chi connectivity index (χ3n) is 6.11. The molecule has 1 amide bonds. The molecule has 1 aliphatic heterocycles. The second kappa shape index (κ2) is 9.23. The SMILES string of the molecule is COc1cc(C)c(/C(O)=C2\C(=O)C(=O)N(c3ccc(F)c(Cl)c3)C2c2ccc(C)o2)cc1C(C)C. The molecule has 2 aromatic carbocycles. The summed E-state index contributed by atoms with van der Waals surface area (Å²) in [5.74, 6) is -1.19. The van der Waals surface area contributed by atoms with Crippen molar-refractivity contribution in [2.45, 2.75) is 39.7 Å². The number of furan rings is 1. The highest BCUT2D eigenvalue weighted by atomic mass is 35.5. The van der Waals surface area contributed by atoms with Gasteiger partial charge in [0.15, 0.2) is 0 Å². The predicted octanol–water partition coefficient (Wildman–Crippen LogP) is 6.45. The van der Waals surface area contributed by atoms with Crippen molar-refractivity contribution in [1.29, 1.82) is 0 Å². The van der Waals surface area contributed by atoms with Gasteiger partial charge in [0.1, 0.15) is 34.9 Å². The summed E-state index contributed by atoms with van der Waals surface area (Å²) in [5, 5.41) is 11.3. The first-order valence-electron chi connectivity index (χ1n) is 11.1. The number of halogens is 2. The third kappa shape index (κ3) is 4.21. The van der Waals surface area contributed by atoms with Gasteiger partial charge in [-0.1, -0.05) is 25.4 Å². The van der Waals surface area contributed by atoms with Crippen molar-refractivity contribution in [3.05, 3.63) is 87.1 Å². The van der Waals surface area contributed by atoms with Crippen LogP contribution in [-0.2, 0) is 9.59 Å². The first kappa shape index (κ1) is 24.5. The largest absolute Gasteiger partial charge is 0.507 e. The fourth-order valence-electron chi connectivity index (χ4n) is 4.33. The van der Waals surface area contributed by atoms with Gasteiger partial charge in [-0.2, -0.15) is 0 Å². The topological polar surface area (TPSA) is 80.0 Å². The van der Waals surface area contributed by atoms with E-state index in [9.17, 15) is 19.1 Å².